The summed E-state index contributed by atoms with van der Waals surface area (Å²) in [5.41, 5.74) is 2.00. The van der Waals surface area contributed by atoms with Gasteiger partial charge in [-0.05, 0) is 57.1 Å². The number of urea groups is 1. The predicted octanol–water partition coefficient (Wildman–Crippen LogP) is 4.96. The lowest BCUT2D eigenvalue weighted by Crippen LogP contribution is -2.31. The Morgan fingerprint density at radius 3 is 2.51 bits per heavy atom. The van der Waals surface area contributed by atoms with Crippen molar-refractivity contribution in [2.75, 3.05) is 42.1 Å². The molecule has 194 valence electrons. The number of anilines is 3. The number of rotatable bonds is 7. The van der Waals surface area contributed by atoms with Crippen LogP contribution in [0, 0.1) is 11.8 Å². The summed E-state index contributed by atoms with van der Waals surface area (Å²) < 4.78 is 0. The van der Waals surface area contributed by atoms with Crippen LogP contribution in [0.4, 0.5) is 21.6 Å². The van der Waals surface area contributed by atoms with Crippen LogP contribution < -0.4 is 16.0 Å². The fourth-order valence-corrected chi connectivity index (χ4v) is 4.62. The number of nitrogens with zero attached hydrogens (tertiary/aromatic N) is 5. The molecular formula is C27H34N8OS. The van der Waals surface area contributed by atoms with Gasteiger partial charge in [-0.3, -0.25) is 5.32 Å². The standard InChI is InChI=1S/C27H34N8OS/c1-27(2,3)23-33-34-26(37-23)32-25(36)31-22-10-7-9-20(17-22)11-12-21-18-29-24(30-19-21)28-13-8-16-35-14-5-4-6-15-35/h7,9-10,17-19H,4-6,8,13-16H2,1-3H3,(H,28,29,30)(H2,31,32,34,36). The molecule has 0 unspecified atom stereocenters. The molecule has 0 saturated carbocycles. The Labute approximate surface area is 222 Å². The number of likely N-dealkylation sites (tertiary alicyclic amines) is 1. The number of piperidine rings is 1. The molecule has 1 aliphatic heterocycles. The van der Waals surface area contributed by atoms with E-state index in [2.05, 4.69) is 73.6 Å². The normalized spacial score (nSPS) is 13.9. The van der Waals surface area contributed by atoms with Crippen molar-refractivity contribution in [1.29, 1.82) is 0 Å². The van der Waals surface area contributed by atoms with E-state index in [0.717, 1.165) is 35.6 Å². The Hall–Kier alpha value is -3.55. The molecule has 3 aromatic rings. The van der Waals surface area contributed by atoms with Gasteiger partial charge in [0.25, 0.3) is 0 Å². The van der Waals surface area contributed by atoms with Crippen LogP contribution in [-0.4, -0.2) is 57.3 Å². The van der Waals surface area contributed by atoms with Crippen LogP contribution in [0.2, 0.25) is 0 Å². The highest BCUT2D eigenvalue weighted by Gasteiger charge is 2.20. The summed E-state index contributed by atoms with van der Waals surface area (Å²) >= 11 is 1.36. The molecule has 37 heavy (non-hydrogen) atoms. The van der Waals surface area contributed by atoms with E-state index in [9.17, 15) is 4.79 Å². The Balaban J connectivity index is 1.25. The van der Waals surface area contributed by atoms with Crippen molar-refractivity contribution < 1.29 is 4.79 Å². The Kier molecular flexibility index (Phi) is 9.04. The van der Waals surface area contributed by atoms with E-state index in [0.29, 0.717) is 16.8 Å². The van der Waals surface area contributed by atoms with Gasteiger partial charge in [-0.15, -0.1) is 10.2 Å². The van der Waals surface area contributed by atoms with Crippen LogP contribution >= 0.6 is 11.3 Å². The fraction of sp³-hybridized carbons (Fsp3) is 0.444. The number of carbonyl (C=O) groups excluding carboxylic acids is 1. The molecule has 9 nitrogen and oxygen atoms in total. The van der Waals surface area contributed by atoms with Crippen molar-refractivity contribution in [3.8, 4) is 11.8 Å². The van der Waals surface area contributed by atoms with Gasteiger partial charge in [0, 0.05) is 35.6 Å². The molecule has 2 amide bonds. The Morgan fingerprint density at radius 1 is 1.03 bits per heavy atom. The number of carbonyl (C=O) groups is 1. The van der Waals surface area contributed by atoms with Crippen molar-refractivity contribution in [3.63, 3.8) is 0 Å². The van der Waals surface area contributed by atoms with Crippen molar-refractivity contribution in [2.45, 2.75) is 51.9 Å². The first-order valence-electron chi connectivity index (χ1n) is 12.7. The SMILES string of the molecule is CC(C)(C)c1nnc(NC(=O)Nc2cccc(C#Cc3cnc(NCCCN4CCCCC4)nc3)c2)s1. The number of benzene rings is 1. The summed E-state index contributed by atoms with van der Waals surface area (Å²) in [4.78, 5) is 23.7. The van der Waals surface area contributed by atoms with Gasteiger partial charge in [-0.2, -0.15) is 0 Å². The van der Waals surface area contributed by atoms with Gasteiger partial charge in [0.1, 0.15) is 5.01 Å². The molecule has 1 saturated heterocycles. The first-order valence-corrected chi connectivity index (χ1v) is 13.5. The van der Waals surface area contributed by atoms with Crippen LogP contribution in [-0.2, 0) is 5.41 Å². The third kappa shape index (κ3) is 8.51. The molecule has 10 heteroatoms. The molecule has 0 radical (unpaired) electrons. The van der Waals surface area contributed by atoms with E-state index in [1.165, 1.54) is 43.7 Å². The van der Waals surface area contributed by atoms with Crippen molar-refractivity contribution in [3.05, 3.63) is 52.8 Å². The van der Waals surface area contributed by atoms with Gasteiger partial charge >= 0.3 is 6.03 Å². The summed E-state index contributed by atoms with van der Waals surface area (Å²) in [7, 11) is 0. The van der Waals surface area contributed by atoms with Gasteiger partial charge in [0.15, 0.2) is 0 Å². The lowest BCUT2D eigenvalue weighted by atomic mass is 9.98. The minimum Gasteiger partial charge on any atom is -0.354 e. The molecule has 0 atom stereocenters. The van der Waals surface area contributed by atoms with E-state index in [1.54, 1.807) is 18.5 Å². The zero-order valence-corrected chi connectivity index (χ0v) is 22.5. The minimum absolute atomic E-state index is 0.116. The number of aromatic nitrogens is 4. The minimum atomic E-state index is -0.380. The molecule has 1 aromatic carbocycles. The van der Waals surface area contributed by atoms with Gasteiger partial charge in [0.2, 0.25) is 11.1 Å². The van der Waals surface area contributed by atoms with Crippen molar-refractivity contribution in [1.82, 2.24) is 25.1 Å². The average Bonchev–Trinajstić information content (AvgIpc) is 3.36. The van der Waals surface area contributed by atoms with Crippen molar-refractivity contribution >= 4 is 34.1 Å². The number of hydrogen-bond donors (Lipinski definition) is 3. The van der Waals surface area contributed by atoms with Crippen LogP contribution in [0.15, 0.2) is 36.7 Å². The predicted molar refractivity (Wildman–Crippen MR) is 149 cm³/mol. The topological polar surface area (TPSA) is 108 Å². The maximum Gasteiger partial charge on any atom is 0.325 e. The monoisotopic (exact) mass is 518 g/mol. The fourth-order valence-electron chi connectivity index (χ4n) is 3.83. The molecule has 0 aliphatic carbocycles. The Bertz CT molecular complexity index is 1230. The lowest BCUT2D eigenvalue weighted by molar-refractivity contribution is 0.228. The third-order valence-electron chi connectivity index (χ3n) is 5.79. The first kappa shape index (κ1) is 26.5. The number of nitrogens with one attached hydrogen (secondary N) is 3. The highest BCUT2D eigenvalue weighted by molar-refractivity contribution is 7.15. The van der Waals surface area contributed by atoms with Crippen LogP contribution in [0.5, 0.6) is 0 Å². The molecule has 0 bridgehead atoms. The maximum absolute atomic E-state index is 12.4. The van der Waals surface area contributed by atoms with E-state index < -0.39 is 0 Å². The maximum atomic E-state index is 12.4. The second-order valence-electron chi connectivity index (χ2n) is 10.1. The van der Waals surface area contributed by atoms with Gasteiger partial charge < -0.3 is 15.5 Å². The first-order chi connectivity index (χ1) is 17.8. The van der Waals surface area contributed by atoms with E-state index in [1.807, 2.05) is 18.2 Å². The van der Waals surface area contributed by atoms with Crippen molar-refractivity contribution in [2.24, 2.45) is 0 Å². The average molecular weight is 519 g/mol. The molecule has 1 fully saturated rings. The van der Waals surface area contributed by atoms with E-state index >= 15 is 0 Å². The highest BCUT2D eigenvalue weighted by atomic mass is 32.1. The second kappa shape index (κ2) is 12.6. The molecule has 4 rings (SSSR count). The summed E-state index contributed by atoms with van der Waals surface area (Å²) in [6, 6.07) is 6.96. The smallest absolute Gasteiger partial charge is 0.325 e. The van der Waals surface area contributed by atoms with Gasteiger partial charge in [0.05, 0.1) is 5.56 Å². The summed E-state index contributed by atoms with van der Waals surface area (Å²) in [5, 5.41) is 18.3. The Morgan fingerprint density at radius 2 is 1.78 bits per heavy atom. The molecule has 1 aliphatic rings. The molecule has 0 spiro atoms. The summed E-state index contributed by atoms with van der Waals surface area (Å²) in [6.07, 6.45) is 8.51. The van der Waals surface area contributed by atoms with Gasteiger partial charge in [-0.1, -0.05) is 56.4 Å². The summed E-state index contributed by atoms with van der Waals surface area (Å²) in [6.45, 7) is 10.6. The molecule has 3 heterocycles. The van der Waals surface area contributed by atoms with E-state index in [-0.39, 0.29) is 11.4 Å². The quantitative estimate of drug-likeness (QED) is 0.300. The molecule has 2 aromatic heterocycles. The molecule has 3 N–H and O–H groups in total. The highest BCUT2D eigenvalue weighted by Crippen LogP contribution is 2.27. The van der Waals surface area contributed by atoms with E-state index in [4.69, 9.17) is 0 Å². The number of amides is 2. The third-order valence-corrected chi connectivity index (χ3v) is 7.06. The summed E-state index contributed by atoms with van der Waals surface area (Å²) in [5.74, 6) is 6.80. The zero-order chi connectivity index (χ0) is 26.1. The zero-order valence-electron chi connectivity index (χ0n) is 21.7. The van der Waals surface area contributed by atoms with Crippen LogP contribution in [0.1, 0.15) is 62.6 Å². The second-order valence-corrected chi connectivity index (χ2v) is 11.0. The lowest BCUT2D eigenvalue weighted by Gasteiger charge is -2.26. The molecular weight excluding hydrogens is 484 g/mol. The van der Waals surface area contributed by atoms with Crippen LogP contribution in [0.25, 0.3) is 0 Å². The van der Waals surface area contributed by atoms with Gasteiger partial charge in [-0.25, -0.2) is 14.8 Å². The number of hydrogen-bond acceptors (Lipinski definition) is 8. The van der Waals surface area contributed by atoms with Crippen LogP contribution in [0.3, 0.4) is 0 Å². The largest absolute Gasteiger partial charge is 0.354 e.